The number of carbonyl (C=O) groups is 1. The van der Waals surface area contributed by atoms with E-state index in [1.807, 2.05) is 0 Å². The molecule has 0 radical (unpaired) electrons. The monoisotopic (exact) mass is 444 g/mol. The van der Waals surface area contributed by atoms with Crippen molar-refractivity contribution in [3.63, 3.8) is 0 Å². The minimum Gasteiger partial charge on any atom is -0.486 e. The van der Waals surface area contributed by atoms with Crippen LogP contribution in [0.3, 0.4) is 0 Å². The lowest BCUT2D eigenvalue weighted by Gasteiger charge is -2.20. The van der Waals surface area contributed by atoms with Gasteiger partial charge in [-0.2, -0.15) is 0 Å². The number of fused-ring (bicyclic) bond motifs is 1. The Kier molecular flexibility index (Phi) is 5.52. The van der Waals surface area contributed by atoms with E-state index in [1.165, 1.54) is 24.3 Å². The summed E-state index contributed by atoms with van der Waals surface area (Å²) in [6, 6.07) is 17.5. The van der Waals surface area contributed by atoms with E-state index in [-0.39, 0.29) is 9.92 Å². The number of anilines is 2. The fraction of sp³-hybridized carbons (Fsp3) is 0.0952. The molecular formula is C21H17ClN2O5S. The molecule has 0 fully saturated rings. The zero-order valence-electron chi connectivity index (χ0n) is 15.6. The molecule has 154 valence electrons. The smallest absolute Gasteiger partial charge is 0.261 e. The van der Waals surface area contributed by atoms with Crippen molar-refractivity contribution in [1.29, 1.82) is 0 Å². The Balaban J connectivity index is 1.52. The van der Waals surface area contributed by atoms with Crippen LogP contribution in [0, 0.1) is 0 Å². The summed E-state index contributed by atoms with van der Waals surface area (Å²) in [6.07, 6.45) is 0. The van der Waals surface area contributed by atoms with Crippen LogP contribution in [-0.4, -0.2) is 27.5 Å². The molecule has 0 saturated heterocycles. The van der Waals surface area contributed by atoms with Gasteiger partial charge in [0.25, 0.3) is 15.9 Å². The van der Waals surface area contributed by atoms with Crippen LogP contribution in [0.2, 0.25) is 5.02 Å². The molecule has 1 aliphatic heterocycles. The highest BCUT2D eigenvalue weighted by atomic mass is 35.5. The maximum Gasteiger partial charge on any atom is 0.261 e. The Labute approximate surface area is 178 Å². The van der Waals surface area contributed by atoms with E-state index < -0.39 is 15.9 Å². The molecule has 0 atom stereocenters. The molecule has 0 spiro atoms. The van der Waals surface area contributed by atoms with Crippen molar-refractivity contribution in [2.75, 3.05) is 23.3 Å². The number of hydrogen-bond donors (Lipinski definition) is 2. The molecule has 2 N–H and O–H groups in total. The van der Waals surface area contributed by atoms with Crippen LogP contribution in [-0.2, 0) is 10.0 Å². The van der Waals surface area contributed by atoms with E-state index in [2.05, 4.69) is 10.0 Å². The Morgan fingerprint density at radius 1 is 0.900 bits per heavy atom. The van der Waals surface area contributed by atoms with Gasteiger partial charge in [0, 0.05) is 11.3 Å². The van der Waals surface area contributed by atoms with Gasteiger partial charge in [0.05, 0.1) is 15.6 Å². The van der Waals surface area contributed by atoms with Gasteiger partial charge >= 0.3 is 0 Å². The third-order valence-electron chi connectivity index (χ3n) is 4.29. The predicted molar refractivity (Wildman–Crippen MR) is 114 cm³/mol. The molecule has 1 heterocycles. The average Bonchev–Trinajstić information content (AvgIpc) is 2.74. The summed E-state index contributed by atoms with van der Waals surface area (Å²) < 4.78 is 38.4. The number of ether oxygens (including phenoxy) is 2. The molecule has 1 aliphatic rings. The molecule has 0 bridgehead atoms. The van der Waals surface area contributed by atoms with Crippen molar-refractivity contribution >= 4 is 38.9 Å². The molecule has 9 heteroatoms. The highest BCUT2D eigenvalue weighted by Crippen LogP contribution is 2.38. The molecule has 3 aromatic carbocycles. The number of nitrogens with one attached hydrogen (secondary N) is 2. The number of benzene rings is 3. The summed E-state index contributed by atoms with van der Waals surface area (Å²) in [5.74, 6) is 0.400. The van der Waals surface area contributed by atoms with Gasteiger partial charge < -0.3 is 14.8 Å². The van der Waals surface area contributed by atoms with Crippen LogP contribution in [0.1, 0.15) is 10.4 Å². The first kappa shape index (κ1) is 20.1. The number of halogens is 1. The van der Waals surface area contributed by atoms with Gasteiger partial charge in [-0.25, -0.2) is 8.42 Å². The highest BCUT2D eigenvalue weighted by Gasteiger charge is 2.20. The Morgan fingerprint density at radius 3 is 2.43 bits per heavy atom. The van der Waals surface area contributed by atoms with Crippen molar-refractivity contribution in [2.24, 2.45) is 0 Å². The minimum absolute atomic E-state index is 0.144. The van der Waals surface area contributed by atoms with Crippen molar-refractivity contribution in [3.05, 3.63) is 77.3 Å². The van der Waals surface area contributed by atoms with Crippen LogP contribution in [0.25, 0.3) is 0 Å². The van der Waals surface area contributed by atoms with Gasteiger partial charge in [0.2, 0.25) is 0 Å². The summed E-state index contributed by atoms with van der Waals surface area (Å²) in [6.45, 7) is 0.766. The van der Waals surface area contributed by atoms with E-state index in [0.29, 0.717) is 41.7 Å². The first-order chi connectivity index (χ1) is 14.4. The van der Waals surface area contributed by atoms with E-state index in [0.717, 1.165) is 0 Å². The van der Waals surface area contributed by atoms with Crippen LogP contribution in [0.4, 0.5) is 11.4 Å². The lowest BCUT2D eigenvalue weighted by atomic mass is 10.1. The van der Waals surface area contributed by atoms with Gasteiger partial charge in [-0.3, -0.25) is 9.52 Å². The second-order valence-corrected chi connectivity index (χ2v) is 8.53. The van der Waals surface area contributed by atoms with Gasteiger partial charge in [0.1, 0.15) is 13.2 Å². The zero-order chi connectivity index (χ0) is 21.1. The molecule has 3 aromatic rings. The fourth-order valence-corrected chi connectivity index (χ4v) is 4.26. The largest absolute Gasteiger partial charge is 0.486 e. The van der Waals surface area contributed by atoms with Crippen molar-refractivity contribution in [1.82, 2.24) is 0 Å². The van der Waals surface area contributed by atoms with Crippen LogP contribution < -0.4 is 19.5 Å². The van der Waals surface area contributed by atoms with Crippen LogP contribution in [0.15, 0.2) is 71.6 Å². The molecule has 0 saturated carbocycles. The summed E-state index contributed by atoms with van der Waals surface area (Å²) in [5.41, 5.74) is 1.02. The predicted octanol–water partition coefficient (Wildman–Crippen LogP) is 4.16. The fourth-order valence-electron chi connectivity index (χ4n) is 2.92. The molecule has 0 unspecified atom stereocenters. The Hall–Kier alpha value is -3.23. The first-order valence-corrected chi connectivity index (χ1v) is 10.9. The second kappa shape index (κ2) is 8.25. The average molecular weight is 445 g/mol. The SMILES string of the molecule is O=C(Nc1cccc(NS(=O)(=O)c2ccccc2)c1)c1cc(Cl)c2c(c1)OCCO2. The van der Waals surface area contributed by atoms with Gasteiger partial charge in [0.15, 0.2) is 11.5 Å². The molecule has 7 nitrogen and oxygen atoms in total. The van der Waals surface area contributed by atoms with Gasteiger partial charge in [-0.1, -0.05) is 35.9 Å². The summed E-state index contributed by atoms with van der Waals surface area (Å²) in [4.78, 5) is 12.8. The quantitative estimate of drug-likeness (QED) is 0.616. The summed E-state index contributed by atoms with van der Waals surface area (Å²) in [7, 11) is -3.74. The highest BCUT2D eigenvalue weighted by molar-refractivity contribution is 7.92. The number of carbonyl (C=O) groups excluding carboxylic acids is 1. The Bertz CT molecular complexity index is 1200. The Morgan fingerprint density at radius 2 is 1.63 bits per heavy atom. The number of rotatable bonds is 5. The first-order valence-electron chi connectivity index (χ1n) is 9.01. The van der Waals surface area contributed by atoms with Gasteiger partial charge in [-0.15, -0.1) is 0 Å². The summed E-state index contributed by atoms with van der Waals surface area (Å²) in [5, 5.41) is 3.01. The lowest BCUT2D eigenvalue weighted by molar-refractivity contribution is 0.102. The standard InChI is InChI=1S/C21H17ClN2O5S/c22-18-11-14(12-19-20(18)29-10-9-28-19)21(25)23-15-5-4-6-16(13-15)24-30(26,27)17-7-2-1-3-8-17/h1-8,11-13,24H,9-10H2,(H,23,25). The molecule has 0 aliphatic carbocycles. The number of hydrogen-bond acceptors (Lipinski definition) is 5. The van der Waals surface area contributed by atoms with Crippen molar-refractivity contribution in [3.8, 4) is 11.5 Å². The third kappa shape index (κ3) is 4.34. The van der Waals surface area contributed by atoms with Crippen molar-refractivity contribution in [2.45, 2.75) is 4.90 Å². The molecule has 4 rings (SSSR count). The van der Waals surface area contributed by atoms with E-state index in [4.69, 9.17) is 21.1 Å². The number of amides is 1. The number of sulfonamides is 1. The normalized spacial score (nSPS) is 12.8. The second-order valence-electron chi connectivity index (χ2n) is 6.44. The maximum atomic E-state index is 12.7. The van der Waals surface area contributed by atoms with E-state index >= 15 is 0 Å². The van der Waals surface area contributed by atoms with Crippen molar-refractivity contribution < 1.29 is 22.7 Å². The summed E-state index contributed by atoms with van der Waals surface area (Å²) >= 11 is 6.19. The van der Waals surface area contributed by atoms with E-state index in [1.54, 1.807) is 42.5 Å². The zero-order valence-corrected chi connectivity index (χ0v) is 17.2. The molecule has 30 heavy (non-hydrogen) atoms. The minimum atomic E-state index is -3.74. The molecule has 1 amide bonds. The topological polar surface area (TPSA) is 93.7 Å². The van der Waals surface area contributed by atoms with Gasteiger partial charge in [-0.05, 0) is 42.5 Å². The maximum absolute atomic E-state index is 12.7. The molecule has 0 aromatic heterocycles. The van der Waals surface area contributed by atoms with Crippen LogP contribution >= 0.6 is 11.6 Å². The molecular weight excluding hydrogens is 428 g/mol. The third-order valence-corrected chi connectivity index (χ3v) is 5.96. The lowest BCUT2D eigenvalue weighted by Crippen LogP contribution is -2.18. The van der Waals surface area contributed by atoms with Crippen LogP contribution in [0.5, 0.6) is 11.5 Å². The van der Waals surface area contributed by atoms with E-state index in [9.17, 15) is 13.2 Å².